The standard InChI is InChI=1S/C25H36O2/c1-14(2)20-10-18(11-21(15(3)4)24(20)26)9-19-12-22(16(5)6)25(27)23(13-19)17(7)8/h10-17,26-27H,9H2,1-8H3. The Morgan fingerprint density at radius 3 is 0.926 bits per heavy atom. The smallest absolute Gasteiger partial charge is 0.122 e. The zero-order chi connectivity index (χ0) is 20.5. The highest BCUT2D eigenvalue weighted by molar-refractivity contribution is 5.50. The van der Waals surface area contributed by atoms with Crippen molar-refractivity contribution in [3.63, 3.8) is 0 Å². The predicted octanol–water partition coefficient (Wildman–Crippen LogP) is 7.18. The largest absolute Gasteiger partial charge is 0.507 e. The Kier molecular flexibility index (Phi) is 6.62. The minimum atomic E-state index is 0.278. The van der Waals surface area contributed by atoms with Gasteiger partial charge in [0.25, 0.3) is 0 Å². The van der Waals surface area contributed by atoms with Crippen LogP contribution in [0.1, 0.15) is 112 Å². The molecule has 2 heteroatoms. The van der Waals surface area contributed by atoms with Gasteiger partial charge in [0.2, 0.25) is 0 Å². The molecule has 2 rings (SSSR count). The van der Waals surface area contributed by atoms with Crippen molar-refractivity contribution in [1.29, 1.82) is 0 Å². The monoisotopic (exact) mass is 368 g/mol. The Morgan fingerprint density at radius 1 is 0.519 bits per heavy atom. The fraction of sp³-hybridized carbons (Fsp3) is 0.520. The molecule has 2 aromatic rings. The van der Waals surface area contributed by atoms with E-state index in [4.69, 9.17) is 0 Å². The first-order chi connectivity index (χ1) is 12.5. The highest BCUT2D eigenvalue weighted by Gasteiger charge is 2.18. The second kappa shape index (κ2) is 8.37. The summed E-state index contributed by atoms with van der Waals surface area (Å²) in [5, 5.41) is 21.3. The van der Waals surface area contributed by atoms with E-state index in [1.807, 2.05) is 0 Å². The first-order valence-corrected chi connectivity index (χ1v) is 10.2. The van der Waals surface area contributed by atoms with Crippen molar-refractivity contribution in [1.82, 2.24) is 0 Å². The highest BCUT2D eigenvalue weighted by Crippen LogP contribution is 2.38. The molecular weight excluding hydrogens is 332 g/mol. The van der Waals surface area contributed by atoms with Crippen LogP contribution in [0.15, 0.2) is 24.3 Å². The Bertz CT molecular complexity index is 672. The molecule has 2 nitrogen and oxygen atoms in total. The van der Waals surface area contributed by atoms with Crippen LogP contribution in [0.5, 0.6) is 11.5 Å². The molecule has 0 aromatic heterocycles. The second-order valence-electron chi connectivity index (χ2n) is 9.04. The maximum atomic E-state index is 10.7. The number of aromatic hydroxyl groups is 2. The van der Waals surface area contributed by atoms with E-state index in [2.05, 4.69) is 79.7 Å². The molecule has 2 aromatic carbocycles. The van der Waals surface area contributed by atoms with Gasteiger partial charge in [-0.1, -0.05) is 79.7 Å². The lowest BCUT2D eigenvalue weighted by Crippen LogP contribution is -2.02. The van der Waals surface area contributed by atoms with Gasteiger partial charge in [-0.15, -0.1) is 0 Å². The van der Waals surface area contributed by atoms with Crippen LogP contribution < -0.4 is 0 Å². The molecular formula is C25H36O2. The summed E-state index contributed by atoms with van der Waals surface area (Å²) >= 11 is 0. The Labute approximate surface area is 165 Å². The molecule has 0 radical (unpaired) electrons. The maximum absolute atomic E-state index is 10.7. The number of hydrogen-bond donors (Lipinski definition) is 2. The minimum absolute atomic E-state index is 0.278. The summed E-state index contributed by atoms with van der Waals surface area (Å²) < 4.78 is 0. The normalized spacial score (nSPS) is 12.0. The summed E-state index contributed by atoms with van der Waals surface area (Å²) in [7, 11) is 0. The third-order valence-corrected chi connectivity index (χ3v) is 5.35. The molecule has 0 saturated heterocycles. The number of hydrogen-bond acceptors (Lipinski definition) is 2. The van der Waals surface area contributed by atoms with Gasteiger partial charge in [-0.3, -0.25) is 0 Å². The Hall–Kier alpha value is -1.96. The molecule has 0 atom stereocenters. The molecule has 0 bridgehead atoms. The summed E-state index contributed by atoms with van der Waals surface area (Å²) in [6.07, 6.45) is 0.805. The third-order valence-electron chi connectivity index (χ3n) is 5.35. The van der Waals surface area contributed by atoms with Gasteiger partial charge in [0.1, 0.15) is 11.5 Å². The van der Waals surface area contributed by atoms with Crippen molar-refractivity contribution in [2.24, 2.45) is 0 Å². The molecule has 0 amide bonds. The summed E-state index contributed by atoms with van der Waals surface area (Å²) in [5.41, 5.74) is 6.50. The van der Waals surface area contributed by atoms with E-state index in [0.29, 0.717) is 11.5 Å². The molecule has 0 saturated carbocycles. The molecule has 0 aliphatic carbocycles. The van der Waals surface area contributed by atoms with E-state index in [0.717, 1.165) is 28.7 Å². The van der Waals surface area contributed by atoms with Gasteiger partial charge in [-0.05, 0) is 63.5 Å². The van der Waals surface area contributed by atoms with Crippen LogP contribution in [0.25, 0.3) is 0 Å². The van der Waals surface area contributed by atoms with Crippen molar-refractivity contribution < 1.29 is 10.2 Å². The zero-order valence-electron chi connectivity index (χ0n) is 18.2. The van der Waals surface area contributed by atoms with Gasteiger partial charge >= 0.3 is 0 Å². The lowest BCUT2D eigenvalue weighted by Gasteiger charge is -2.20. The molecule has 27 heavy (non-hydrogen) atoms. The van der Waals surface area contributed by atoms with Gasteiger partial charge < -0.3 is 10.2 Å². The molecule has 0 aliphatic rings. The van der Waals surface area contributed by atoms with Crippen molar-refractivity contribution in [2.75, 3.05) is 0 Å². The van der Waals surface area contributed by atoms with Crippen LogP contribution in [-0.4, -0.2) is 10.2 Å². The minimum Gasteiger partial charge on any atom is -0.507 e. The van der Waals surface area contributed by atoms with E-state index in [9.17, 15) is 10.2 Å². The van der Waals surface area contributed by atoms with E-state index < -0.39 is 0 Å². The first-order valence-electron chi connectivity index (χ1n) is 10.2. The predicted molar refractivity (Wildman–Crippen MR) is 115 cm³/mol. The summed E-state index contributed by atoms with van der Waals surface area (Å²) in [4.78, 5) is 0. The van der Waals surface area contributed by atoms with Crippen LogP contribution in [0, 0.1) is 0 Å². The van der Waals surface area contributed by atoms with Crippen LogP contribution in [0.4, 0.5) is 0 Å². The first kappa shape index (κ1) is 21.3. The van der Waals surface area contributed by atoms with Crippen molar-refractivity contribution >= 4 is 0 Å². The molecule has 0 aliphatic heterocycles. The zero-order valence-corrected chi connectivity index (χ0v) is 18.2. The lowest BCUT2D eigenvalue weighted by molar-refractivity contribution is 0.454. The number of phenols is 2. The van der Waals surface area contributed by atoms with Crippen LogP contribution in [-0.2, 0) is 6.42 Å². The average Bonchev–Trinajstić information content (AvgIpc) is 2.56. The van der Waals surface area contributed by atoms with Crippen molar-refractivity contribution in [3.8, 4) is 11.5 Å². The fourth-order valence-corrected chi connectivity index (χ4v) is 3.69. The molecule has 0 unspecified atom stereocenters. The van der Waals surface area contributed by atoms with Crippen LogP contribution in [0.3, 0.4) is 0 Å². The van der Waals surface area contributed by atoms with E-state index in [-0.39, 0.29) is 23.7 Å². The number of rotatable bonds is 6. The molecule has 0 heterocycles. The second-order valence-corrected chi connectivity index (χ2v) is 9.04. The summed E-state index contributed by atoms with van der Waals surface area (Å²) in [5.74, 6) is 2.00. The van der Waals surface area contributed by atoms with Crippen molar-refractivity contribution in [3.05, 3.63) is 57.6 Å². The van der Waals surface area contributed by atoms with Crippen molar-refractivity contribution in [2.45, 2.75) is 85.5 Å². The fourth-order valence-electron chi connectivity index (χ4n) is 3.69. The van der Waals surface area contributed by atoms with Crippen LogP contribution in [0.2, 0.25) is 0 Å². The van der Waals surface area contributed by atoms with Gasteiger partial charge in [0.05, 0.1) is 0 Å². The van der Waals surface area contributed by atoms with Crippen LogP contribution >= 0.6 is 0 Å². The van der Waals surface area contributed by atoms with Gasteiger partial charge in [-0.2, -0.15) is 0 Å². The molecule has 0 spiro atoms. The average molecular weight is 369 g/mol. The molecule has 2 N–H and O–H groups in total. The van der Waals surface area contributed by atoms with E-state index in [1.54, 1.807) is 0 Å². The molecule has 148 valence electrons. The van der Waals surface area contributed by atoms with Gasteiger partial charge in [-0.25, -0.2) is 0 Å². The SMILES string of the molecule is CC(C)c1cc(Cc2cc(C(C)C)c(O)c(C(C)C)c2)cc(C(C)C)c1O. The number of benzene rings is 2. The Balaban J connectivity index is 2.56. The number of phenolic OH excluding ortho intramolecular Hbond substituents is 2. The Morgan fingerprint density at radius 2 is 0.741 bits per heavy atom. The van der Waals surface area contributed by atoms with Gasteiger partial charge in [0.15, 0.2) is 0 Å². The van der Waals surface area contributed by atoms with E-state index in [1.165, 1.54) is 11.1 Å². The van der Waals surface area contributed by atoms with E-state index >= 15 is 0 Å². The topological polar surface area (TPSA) is 40.5 Å². The maximum Gasteiger partial charge on any atom is 0.122 e. The highest BCUT2D eigenvalue weighted by atomic mass is 16.3. The third kappa shape index (κ3) is 4.66. The van der Waals surface area contributed by atoms with Gasteiger partial charge in [0, 0.05) is 0 Å². The lowest BCUT2D eigenvalue weighted by atomic mass is 9.87. The molecule has 0 fully saturated rings. The summed E-state index contributed by atoms with van der Waals surface area (Å²) in [6.45, 7) is 17.0. The quantitative estimate of drug-likeness (QED) is 0.567. The summed E-state index contributed by atoms with van der Waals surface area (Å²) in [6, 6.07) is 8.57.